The summed E-state index contributed by atoms with van der Waals surface area (Å²) in [5.41, 5.74) is 0.396. The van der Waals surface area contributed by atoms with Gasteiger partial charge in [-0.1, -0.05) is 6.42 Å². The first-order valence-corrected chi connectivity index (χ1v) is 10.4. The fraction of sp³-hybridized carbons (Fsp3) is 0.952. The van der Waals surface area contributed by atoms with Crippen LogP contribution in [0.25, 0.3) is 0 Å². The summed E-state index contributed by atoms with van der Waals surface area (Å²) in [7, 11) is 0. The molecule has 0 aromatic carbocycles. The van der Waals surface area contributed by atoms with Crippen molar-refractivity contribution in [1.82, 2.24) is 5.32 Å². The van der Waals surface area contributed by atoms with E-state index in [1.807, 2.05) is 0 Å². The maximum Gasteiger partial charge on any atom is 0.220 e. The van der Waals surface area contributed by atoms with Crippen LogP contribution in [0.1, 0.15) is 77.6 Å². The standard InChI is InChI=1S/C21H33NO/c1-13(19-8-14-2-3-18(19)7-14)22-20(23)12-21-9-15-4-16(10-21)6-17(5-15)11-21/h13-19H,2-12H2,1H3,(H,22,23)/t13-,14-,15?,16?,17?,18-,19-,21?/m1/s1. The molecule has 6 bridgehead atoms. The molecule has 6 aliphatic rings. The smallest absolute Gasteiger partial charge is 0.220 e. The van der Waals surface area contributed by atoms with Gasteiger partial charge in [-0.25, -0.2) is 0 Å². The van der Waals surface area contributed by atoms with E-state index in [2.05, 4.69) is 12.2 Å². The summed E-state index contributed by atoms with van der Waals surface area (Å²) in [4.78, 5) is 12.8. The Kier molecular flexibility index (Phi) is 3.36. The number of carbonyl (C=O) groups excluding carboxylic acids is 1. The number of fused-ring (bicyclic) bond motifs is 2. The van der Waals surface area contributed by atoms with Crippen LogP contribution >= 0.6 is 0 Å². The minimum Gasteiger partial charge on any atom is -0.353 e. The third-order valence-corrected chi connectivity index (χ3v) is 8.52. The second kappa shape index (κ2) is 5.23. The highest BCUT2D eigenvalue weighted by Gasteiger charge is 2.51. The van der Waals surface area contributed by atoms with Gasteiger partial charge >= 0.3 is 0 Å². The van der Waals surface area contributed by atoms with Gasteiger partial charge < -0.3 is 5.32 Å². The predicted molar refractivity (Wildman–Crippen MR) is 91.8 cm³/mol. The molecule has 6 saturated carbocycles. The van der Waals surface area contributed by atoms with Crippen molar-refractivity contribution in [2.75, 3.05) is 0 Å². The number of rotatable bonds is 4. The molecule has 4 atom stereocenters. The summed E-state index contributed by atoms with van der Waals surface area (Å²) in [6.45, 7) is 2.28. The van der Waals surface area contributed by atoms with Crippen molar-refractivity contribution in [2.24, 2.45) is 40.9 Å². The highest BCUT2D eigenvalue weighted by atomic mass is 16.1. The van der Waals surface area contributed by atoms with E-state index >= 15 is 0 Å². The zero-order chi connectivity index (χ0) is 15.6. The molecule has 0 spiro atoms. The molecular weight excluding hydrogens is 282 g/mol. The Bertz CT molecular complexity index is 463. The number of hydrogen-bond acceptors (Lipinski definition) is 1. The molecule has 0 heterocycles. The molecule has 6 rings (SSSR count). The molecule has 6 aliphatic carbocycles. The lowest BCUT2D eigenvalue weighted by Crippen LogP contribution is -2.49. The molecule has 0 aromatic heterocycles. The SMILES string of the molecule is C[C@@H](NC(=O)CC12CC3CC(CC(C3)C1)C2)[C@H]1C[C@@H]2CC[C@@H]1C2. The van der Waals surface area contributed by atoms with Crippen LogP contribution in [0.15, 0.2) is 0 Å². The van der Waals surface area contributed by atoms with E-state index in [-0.39, 0.29) is 0 Å². The maximum atomic E-state index is 12.8. The molecular formula is C21H33NO. The van der Waals surface area contributed by atoms with E-state index in [0.717, 1.165) is 41.9 Å². The second-order valence-electron chi connectivity index (χ2n) is 10.3. The molecule has 0 radical (unpaired) electrons. The fourth-order valence-corrected chi connectivity index (χ4v) is 8.17. The Hall–Kier alpha value is -0.530. The number of hydrogen-bond donors (Lipinski definition) is 1. The zero-order valence-corrected chi connectivity index (χ0v) is 14.7. The van der Waals surface area contributed by atoms with Gasteiger partial charge in [-0.05, 0) is 106 Å². The van der Waals surface area contributed by atoms with Crippen LogP contribution in [-0.4, -0.2) is 11.9 Å². The summed E-state index contributed by atoms with van der Waals surface area (Å²) in [5.74, 6) is 5.91. The molecule has 128 valence electrons. The normalized spacial score (nSPS) is 51.2. The summed E-state index contributed by atoms with van der Waals surface area (Å²) < 4.78 is 0. The third-order valence-electron chi connectivity index (χ3n) is 8.52. The van der Waals surface area contributed by atoms with Crippen molar-refractivity contribution in [3.05, 3.63) is 0 Å². The lowest BCUT2D eigenvalue weighted by molar-refractivity contribution is -0.130. The molecule has 0 aliphatic heterocycles. The molecule has 1 N–H and O–H groups in total. The molecule has 0 aromatic rings. The van der Waals surface area contributed by atoms with Crippen LogP contribution in [0.3, 0.4) is 0 Å². The Morgan fingerprint density at radius 3 is 2.13 bits per heavy atom. The van der Waals surface area contributed by atoms with Crippen LogP contribution in [0.4, 0.5) is 0 Å². The molecule has 1 amide bonds. The van der Waals surface area contributed by atoms with Gasteiger partial charge in [0, 0.05) is 12.5 Å². The van der Waals surface area contributed by atoms with Gasteiger partial charge in [0.15, 0.2) is 0 Å². The summed E-state index contributed by atoms with van der Waals surface area (Å²) in [6, 6.07) is 0.409. The average Bonchev–Trinajstić information content (AvgIpc) is 3.07. The van der Waals surface area contributed by atoms with Gasteiger partial charge in [-0.15, -0.1) is 0 Å². The van der Waals surface area contributed by atoms with Gasteiger partial charge in [-0.3, -0.25) is 4.79 Å². The molecule has 2 heteroatoms. The molecule has 0 unspecified atom stereocenters. The van der Waals surface area contributed by atoms with Gasteiger partial charge in [0.25, 0.3) is 0 Å². The Labute approximate surface area is 141 Å². The summed E-state index contributed by atoms with van der Waals surface area (Å²) >= 11 is 0. The fourth-order valence-electron chi connectivity index (χ4n) is 8.17. The number of nitrogens with one attached hydrogen (secondary N) is 1. The van der Waals surface area contributed by atoms with E-state index in [1.54, 1.807) is 0 Å². The molecule has 6 fully saturated rings. The van der Waals surface area contributed by atoms with E-state index in [0.29, 0.717) is 17.4 Å². The highest BCUT2D eigenvalue weighted by molar-refractivity contribution is 5.77. The average molecular weight is 316 g/mol. The van der Waals surface area contributed by atoms with Crippen LogP contribution < -0.4 is 5.32 Å². The minimum absolute atomic E-state index is 0.377. The van der Waals surface area contributed by atoms with Crippen molar-refractivity contribution < 1.29 is 4.79 Å². The van der Waals surface area contributed by atoms with Crippen molar-refractivity contribution in [1.29, 1.82) is 0 Å². The number of amides is 1. The van der Waals surface area contributed by atoms with Crippen molar-refractivity contribution in [2.45, 2.75) is 83.6 Å². The number of carbonyl (C=O) groups is 1. The zero-order valence-electron chi connectivity index (χ0n) is 14.7. The quantitative estimate of drug-likeness (QED) is 0.811. The van der Waals surface area contributed by atoms with Crippen LogP contribution in [0, 0.1) is 40.9 Å². The Morgan fingerprint density at radius 2 is 1.61 bits per heavy atom. The van der Waals surface area contributed by atoms with Crippen molar-refractivity contribution in [3.63, 3.8) is 0 Å². The van der Waals surface area contributed by atoms with Gasteiger partial charge in [0.2, 0.25) is 5.91 Å². The highest BCUT2D eigenvalue weighted by Crippen LogP contribution is 2.61. The third kappa shape index (κ3) is 2.55. The van der Waals surface area contributed by atoms with E-state index in [4.69, 9.17) is 0 Å². The van der Waals surface area contributed by atoms with Gasteiger partial charge in [0.1, 0.15) is 0 Å². The van der Waals surface area contributed by atoms with Gasteiger partial charge in [0.05, 0.1) is 0 Å². The Morgan fingerprint density at radius 1 is 0.957 bits per heavy atom. The molecule has 0 saturated heterocycles. The first-order valence-electron chi connectivity index (χ1n) is 10.4. The first-order chi connectivity index (χ1) is 11.1. The van der Waals surface area contributed by atoms with Gasteiger partial charge in [-0.2, -0.15) is 0 Å². The van der Waals surface area contributed by atoms with Crippen molar-refractivity contribution >= 4 is 5.91 Å². The van der Waals surface area contributed by atoms with Crippen LogP contribution in [0.2, 0.25) is 0 Å². The van der Waals surface area contributed by atoms with Crippen molar-refractivity contribution in [3.8, 4) is 0 Å². The second-order valence-corrected chi connectivity index (χ2v) is 10.3. The molecule has 2 nitrogen and oxygen atoms in total. The first kappa shape index (κ1) is 14.8. The lowest BCUT2D eigenvalue weighted by atomic mass is 9.49. The maximum absolute atomic E-state index is 12.8. The van der Waals surface area contributed by atoms with E-state index < -0.39 is 0 Å². The molecule has 23 heavy (non-hydrogen) atoms. The van der Waals surface area contributed by atoms with E-state index in [1.165, 1.54) is 64.2 Å². The minimum atomic E-state index is 0.377. The monoisotopic (exact) mass is 315 g/mol. The summed E-state index contributed by atoms with van der Waals surface area (Å²) in [6.07, 6.45) is 15.0. The topological polar surface area (TPSA) is 29.1 Å². The largest absolute Gasteiger partial charge is 0.353 e. The lowest BCUT2D eigenvalue weighted by Gasteiger charge is -2.56. The van der Waals surface area contributed by atoms with Crippen LogP contribution in [-0.2, 0) is 4.79 Å². The Balaban J connectivity index is 1.20. The predicted octanol–water partition coefficient (Wildman–Crippen LogP) is 4.53. The summed E-state index contributed by atoms with van der Waals surface area (Å²) in [5, 5.41) is 3.44. The van der Waals surface area contributed by atoms with Crippen LogP contribution in [0.5, 0.6) is 0 Å². The van der Waals surface area contributed by atoms with E-state index in [9.17, 15) is 4.79 Å².